The zero-order valence-corrected chi connectivity index (χ0v) is 17.7. The Balaban J connectivity index is 2.14. The van der Waals surface area contributed by atoms with Gasteiger partial charge in [0.05, 0.1) is 19.8 Å². The molecule has 5 nitrogen and oxygen atoms in total. The molecule has 0 spiro atoms. The van der Waals surface area contributed by atoms with Crippen molar-refractivity contribution in [1.82, 2.24) is 0 Å². The fraction of sp³-hybridized carbons (Fsp3) is 0.154. The first-order valence-electron chi connectivity index (χ1n) is 9.78. The van der Waals surface area contributed by atoms with Crippen molar-refractivity contribution in [3.63, 3.8) is 0 Å². The van der Waals surface area contributed by atoms with E-state index < -0.39 is 5.97 Å². The normalized spacial score (nSPS) is 11.5. The molecular weight excluding hydrogens is 392 g/mol. The highest BCUT2D eigenvalue weighted by Crippen LogP contribution is 2.27. The van der Waals surface area contributed by atoms with E-state index in [2.05, 4.69) is 0 Å². The third-order valence-corrected chi connectivity index (χ3v) is 5.02. The molecule has 0 aromatic heterocycles. The molecule has 0 radical (unpaired) electrons. The van der Waals surface area contributed by atoms with Crippen LogP contribution in [0.1, 0.15) is 27.0 Å². The number of carboxylic acids is 1. The number of aryl methyl sites for hydroxylation is 1. The highest BCUT2D eigenvalue weighted by molar-refractivity contribution is 6.26. The highest BCUT2D eigenvalue weighted by atomic mass is 16.5. The minimum absolute atomic E-state index is 0.00311. The smallest absolute Gasteiger partial charge is 0.336 e. The minimum Gasteiger partial charge on any atom is -0.497 e. The Morgan fingerprint density at radius 2 is 1.23 bits per heavy atom. The number of hydrogen-bond acceptors (Lipinski definition) is 4. The predicted molar refractivity (Wildman–Crippen MR) is 120 cm³/mol. The van der Waals surface area contributed by atoms with Crippen LogP contribution in [-0.4, -0.2) is 31.1 Å². The first-order valence-corrected chi connectivity index (χ1v) is 9.78. The van der Waals surface area contributed by atoms with Crippen LogP contribution in [0.4, 0.5) is 0 Å². The molecule has 1 N–H and O–H groups in total. The van der Waals surface area contributed by atoms with Crippen LogP contribution in [0.2, 0.25) is 0 Å². The summed E-state index contributed by atoms with van der Waals surface area (Å²) < 4.78 is 10.4. The molecule has 0 unspecified atom stereocenters. The molecule has 0 aliphatic carbocycles. The van der Waals surface area contributed by atoms with Crippen molar-refractivity contribution in [2.45, 2.75) is 13.3 Å². The molecular formula is C26H24O5. The molecule has 0 atom stereocenters. The second-order valence-corrected chi connectivity index (χ2v) is 7.11. The lowest BCUT2D eigenvalue weighted by Crippen LogP contribution is -2.14. The Hall–Kier alpha value is -3.86. The Morgan fingerprint density at radius 3 is 1.71 bits per heavy atom. The average molecular weight is 416 g/mol. The number of hydrogen-bond donors (Lipinski definition) is 1. The van der Waals surface area contributed by atoms with Crippen molar-refractivity contribution in [3.8, 4) is 11.5 Å². The van der Waals surface area contributed by atoms with E-state index >= 15 is 0 Å². The van der Waals surface area contributed by atoms with Crippen molar-refractivity contribution < 1.29 is 24.2 Å². The number of carbonyl (C=O) groups excluding carboxylic acids is 1. The number of benzene rings is 3. The van der Waals surface area contributed by atoms with Crippen molar-refractivity contribution in [2.24, 2.45) is 0 Å². The molecule has 0 amide bonds. The Kier molecular flexibility index (Phi) is 6.88. The van der Waals surface area contributed by atoms with Gasteiger partial charge in [0.1, 0.15) is 11.5 Å². The maximum Gasteiger partial charge on any atom is 0.336 e. The number of Topliss-reactive ketones (excluding diaryl/α,β-unsaturated/α-hetero) is 1. The molecule has 0 fully saturated rings. The van der Waals surface area contributed by atoms with Crippen LogP contribution in [0.3, 0.4) is 0 Å². The second kappa shape index (κ2) is 9.76. The minimum atomic E-state index is -1.14. The third kappa shape index (κ3) is 5.20. The van der Waals surface area contributed by atoms with Gasteiger partial charge in [0.25, 0.3) is 0 Å². The predicted octanol–water partition coefficient (Wildman–Crippen LogP) is 4.98. The van der Waals surface area contributed by atoms with Gasteiger partial charge in [-0.3, -0.25) is 4.79 Å². The summed E-state index contributed by atoms with van der Waals surface area (Å²) in [6, 6.07) is 21.0. The second-order valence-electron chi connectivity index (χ2n) is 7.11. The quantitative estimate of drug-likeness (QED) is 0.414. The van der Waals surface area contributed by atoms with Crippen molar-refractivity contribution in [3.05, 3.63) is 101 Å². The molecule has 3 aromatic rings. The van der Waals surface area contributed by atoms with Gasteiger partial charge in [-0.15, -0.1) is 0 Å². The van der Waals surface area contributed by atoms with Crippen LogP contribution in [0.5, 0.6) is 11.5 Å². The summed E-state index contributed by atoms with van der Waals surface area (Å²) in [4.78, 5) is 25.8. The lowest BCUT2D eigenvalue weighted by molar-refractivity contribution is -0.130. The molecule has 3 rings (SSSR count). The lowest BCUT2D eigenvalue weighted by Gasteiger charge is -2.14. The van der Waals surface area contributed by atoms with Crippen LogP contribution in [-0.2, 0) is 11.2 Å². The van der Waals surface area contributed by atoms with E-state index in [9.17, 15) is 14.7 Å². The number of carboxylic acid groups (broad SMARTS) is 1. The van der Waals surface area contributed by atoms with Gasteiger partial charge in [-0.05, 0) is 54.4 Å². The van der Waals surface area contributed by atoms with E-state index in [0.717, 1.165) is 11.1 Å². The molecule has 0 aliphatic rings. The van der Waals surface area contributed by atoms with Crippen LogP contribution >= 0.6 is 0 Å². The molecule has 5 heteroatoms. The maximum atomic E-state index is 13.5. The standard InChI is InChI=1S/C26H24O5/c1-17-4-8-19(9-5-17)24(26(28)29)23(16-18-6-12-21(30-2)13-7-18)25(27)20-10-14-22(31-3)15-11-20/h4-15H,16H2,1-3H3,(H,28,29)/b24-23-. The molecule has 0 bridgehead atoms. The Bertz CT molecular complexity index is 1090. The van der Waals surface area contributed by atoms with Gasteiger partial charge in [0.15, 0.2) is 5.78 Å². The number of allylic oxidation sites excluding steroid dienone is 1. The summed E-state index contributed by atoms with van der Waals surface area (Å²) in [5.74, 6) is -0.173. The molecule has 158 valence electrons. The largest absolute Gasteiger partial charge is 0.497 e. The van der Waals surface area contributed by atoms with E-state index in [-0.39, 0.29) is 23.4 Å². The van der Waals surface area contributed by atoms with E-state index in [0.29, 0.717) is 22.6 Å². The van der Waals surface area contributed by atoms with Crippen molar-refractivity contribution >= 4 is 17.3 Å². The third-order valence-electron chi connectivity index (χ3n) is 5.02. The molecule has 0 heterocycles. The summed E-state index contributed by atoms with van der Waals surface area (Å²) >= 11 is 0. The molecule has 0 saturated heterocycles. The van der Waals surface area contributed by atoms with E-state index in [1.165, 1.54) is 0 Å². The Labute approximate surface area is 181 Å². The van der Waals surface area contributed by atoms with Crippen LogP contribution in [0.15, 0.2) is 78.4 Å². The number of ketones is 1. The van der Waals surface area contributed by atoms with Crippen LogP contribution in [0.25, 0.3) is 5.57 Å². The average Bonchev–Trinajstić information content (AvgIpc) is 2.79. The van der Waals surface area contributed by atoms with Gasteiger partial charge in [-0.1, -0.05) is 42.0 Å². The van der Waals surface area contributed by atoms with Gasteiger partial charge >= 0.3 is 5.97 Å². The first-order chi connectivity index (χ1) is 14.9. The maximum absolute atomic E-state index is 13.5. The summed E-state index contributed by atoms with van der Waals surface area (Å²) in [5, 5.41) is 10.1. The molecule has 0 aliphatic heterocycles. The number of aliphatic carboxylic acids is 1. The number of ether oxygens (including phenoxy) is 2. The lowest BCUT2D eigenvalue weighted by atomic mass is 9.89. The SMILES string of the molecule is COc1ccc(C/C(C(=O)c2ccc(OC)cc2)=C(/C(=O)O)c2ccc(C)cc2)cc1. The highest BCUT2D eigenvalue weighted by Gasteiger charge is 2.24. The molecule has 3 aromatic carbocycles. The van der Waals surface area contributed by atoms with Crippen LogP contribution < -0.4 is 9.47 Å². The van der Waals surface area contributed by atoms with E-state index in [1.54, 1.807) is 62.8 Å². The zero-order chi connectivity index (χ0) is 22.4. The summed E-state index contributed by atoms with van der Waals surface area (Å²) in [6.07, 6.45) is 0.171. The van der Waals surface area contributed by atoms with E-state index in [4.69, 9.17) is 9.47 Å². The molecule has 31 heavy (non-hydrogen) atoms. The van der Waals surface area contributed by atoms with Crippen molar-refractivity contribution in [2.75, 3.05) is 14.2 Å². The number of methoxy groups -OCH3 is 2. The van der Waals surface area contributed by atoms with Gasteiger partial charge in [-0.25, -0.2) is 4.79 Å². The topological polar surface area (TPSA) is 72.8 Å². The van der Waals surface area contributed by atoms with Gasteiger partial charge < -0.3 is 14.6 Å². The van der Waals surface area contributed by atoms with Crippen LogP contribution in [0, 0.1) is 6.92 Å². The van der Waals surface area contributed by atoms with Gasteiger partial charge in [-0.2, -0.15) is 0 Å². The number of carbonyl (C=O) groups is 2. The summed E-state index contributed by atoms with van der Waals surface area (Å²) in [6.45, 7) is 1.93. The fourth-order valence-corrected chi connectivity index (χ4v) is 3.29. The fourth-order valence-electron chi connectivity index (χ4n) is 3.29. The van der Waals surface area contributed by atoms with E-state index in [1.807, 2.05) is 31.2 Å². The molecule has 0 saturated carbocycles. The monoisotopic (exact) mass is 416 g/mol. The van der Waals surface area contributed by atoms with Crippen molar-refractivity contribution in [1.29, 1.82) is 0 Å². The van der Waals surface area contributed by atoms with Gasteiger partial charge in [0, 0.05) is 17.6 Å². The summed E-state index contributed by atoms with van der Waals surface area (Å²) in [7, 11) is 3.12. The Morgan fingerprint density at radius 1 is 0.742 bits per heavy atom. The number of rotatable bonds is 8. The first kappa shape index (κ1) is 21.8. The van der Waals surface area contributed by atoms with Gasteiger partial charge in [0.2, 0.25) is 0 Å². The zero-order valence-electron chi connectivity index (χ0n) is 17.7. The summed E-state index contributed by atoms with van der Waals surface area (Å²) in [5.41, 5.74) is 2.91.